The van der Waals surface area contributed by atoms with Gasteiger partial charge in [-0.05, 0) is 6.42 Å². The van der Waals surface area contributed by atoms with E-state index in [1.54, 1.807) is 0 Å². The first-order chi connectivity index (χ1) is 8.14. The van der Waals surface area contributed by atoms with Gasteiger partial charge < -0.3 is 10.6 Å². The Balaban J connectivity index is 2.71. The lowest BCUT2D eigenvalue weighted by Gasteiger charge is -2.25. The third kappa shape index (κ3) is 4.45. The number of alkyl halides is 3. The molecule has 0 aromatic carbocycles. The molecule has 0 bridgehead atoms. The van der Waals surface area contributed by atoms with Crippen LogP contribution in [0.15, 0.2) is 0 Å². The molecule has 1 atom stereocenters. The van der Waals surface area contributed by atoms with Crippen LogP contribution >= 0.6 is 0 Å². The maximum atomic E-state index is 12.3. The molecule has 1 unspecified atom stereocenters. The Morgan fingerprint density at radius 2 is 2.00 bits per heavy atom. The lowest BCUT2D eigenvalue weighted by molar-refractivity contribution is -0.163. The van der Waals surface area contributed by atoms with Crippen molar-refractivity contribution in [3.8, 4) is 0 Å². The van der Waals surface area contributed by atoms with Crippen molar-refractivity contribution < 1.29 is 26.4 Å². The Bertz CT molecular complexity index is 408. The molecular weight excluding hydrogens is 273 g/mol. The van der Waals surface area contributed by atoms with Gasteiger partial charge in [0, 0.05) is 13.1 Å². The van der Waals surface area contributed by atoms with Gasteiger partial charge in [0.15, 0.2) is 9.84 Å². The molecule has 18 heavy (non-hydrogen) atoms. The van der Waals surface area contributed by atoms with Crippen molar-refractivity contribution in [3.63, 3.8) is 0 Å². The maximum Gasteiger partial charge on any atom is 0.406 e. The number of nitrogens with two attached hydrogens (primary N) is 1. The first-order valence-electron chi connectivity index (χ1n) is 5.40. The summed E-state index contributed by atoms with van der Waals surface area (Å²) in [5, 5.41) is 0. The van der Waals surface area contributed by atoms with Crippen molar-refractivity contribution >= 4 is 15.7 Å². The second-order valence-corrected chi connectivity index (χ2v) is 6.49. The Morgan fingerprint density at radius 3 is 2.39 bits per heavy atom. The van der Waals surface area contributed by atoms with Crippen LogP contribution in [-0.4, -0.2) is 56.5 Å². The normalized spacial score (nSPS) is 23.0. The summed E-state index contributed by atoms with van der Waals surface area (Å²) in [7, 11) is -3.29. The minimum atomic E-state index is -4.51. The van der Waals surface area contributed by atoms with Gasteiger partial charge in [-0.2, -0.15) is 13.2 Å². The number of hydrogen-bond acceptors (Lipinski definition) is 4. The van der Waals surface area contributed by atoms with E-state index in [9.17, 15) is 26.4 Å². The molecule has 2 N–H and O–H groups in total. The van der Waals surface area contributed by atoms with Crippen molar-refractivity contribution in [2.45, 2.75) is 12.6 Å². The van der Waals surface area contributed by atoms with E-state index in [0.29, 0.717) is 4.90 Å². The van der Waals surface area contributed by atoms with Gasteiger partial charge in [0.1, 0.15) is 6.54 Å². The minimum Gasteiger partial charge on any atom is -0.332 e. The van der Waals surface area contributed by atoms with Gasteiger partial charge in [0.25, 0.3) is 0 Å². The van der Waals surface area contributed by atoms with Gasteiger partial charge in [0.2, 0.25) is 5.91 Å². The third-order valence-electron chi connectivity index (χ3n) is 2.66. The molecule has 1 fully saturated rings. The maximum absolute atomic E-state index is 12.3. The van der Waals surface area contributed by atoms with Crippen LogP contribution in [0.3, 0.4) is 0 Å². The summed E-state index contributed by atoms with van der Waals surface area (Å²) in [6.07, 6.45) is -4.43. The molecule has 1 amide bonds. The number of carbonyl (C=O) groups excluding carboxylic acids is 1. The molecule has 1 heterocycles. The summed E-state index contributed by atoms with van der Waals surface area (Å²) >= 11 is 0. The lowest BCUT2D eigenvalue weighted by atomic mass is 10.1. The summed E-state index contributed by atoms with van der Waals surface area (Å²) in [6.45, 7) is -1.71. The number of sulfone groups is 1. The van der Waals surface area contributed by atoms with Gasteiger partial charge in [0.05, 0.1) is 17.4 Å². The highest BCUT2D eigenvalue weighted by Crippen LogP contribution is 2.23. The Hall–Kier alpha value is -0.830. The van der Waals surface area contributed by atoms with E-state index in [0.717, 1.165) is 0 Å². The van der Waals surface area contributed by atoms with Crippen LogP contribution in [0.25, 0.3) is 0 Å². The summed E-state index contributed by atoms with van der Waals surface area (Å²) in [4.78, 5) is 12.4. The molecular formula is C9H15F3N2O3S. The summed E-state index contributed by atoms with van der Waals surface area (Å²) in [6, 6.07) is 0. The van der Waals surface area contributed by atoms with Gasteiger partial charge in [-0.25, -0.2) is 8.42 Å². The zero-order valence-corrected chi connectivity index (χ0v) is 10.4. The molecule has 106 valence electrons. The second-order valence-electron chi connectivity index (χ2n) is 4.26. The molecule has 0 saturated carbocycles. The first-order valence-corrected chi connectivity index (χ1v) is 7.23. The quantitative estimate of drug-likeness (QED) is 0.775. The molecule has 5 nitrogen and oxygen atoms in total. The van der Waals surface area contributed by atoms with Crippen molar-refractivity contribution in [1.29, 1.82) is 0 Å². The third-order valence-corrected chi connectivity index (χ3v) is 4.43. The van der Waals surface area contributed by atoms with E-state index < -0.39 is 34.4 Å². The molecule has 0 radical (unpaired) electrons. The lowest BCUT2D eigenvalue weighted by Crippen LogP contribution is -2.44. The van der Waals surface area contributed by atoms with Crippen molar-refractivity contribution in [1.82, 2.24) is 4.90 Å². The molecule has 1 aliphatic rings. The fourth-order valence-corrected chi connectivity index (χ4v) is 3.62. The number of amides is 1. The van der Waals surface area contributed by atoms with Crippen molar-refractivity contribution in [2.24, 2.45) is 11.7 Å². The molecule has 0 aromatic heterocycles. The van der Waals surface area contributed by atoms with Gasteiger partial charge in [-0.1, -0.05) is 0 Å². The van der Waals surface area contributed by atoms with Gasteiger partial charge in [-0.15, -0.1) is 0 Å². The van der Waals surface area contributed by atoms with Crippen LogP contribution in [0.5, 0.6) is 0 Å². The highest BCUT2D eigenvalue weighted by atomic mass is 32.2. The fourth-order valence-electron chi connectivity index (χ4n) is 1.89. The highest BCUT2D eigenvalue weighted by molar-refractivity contribution is 7.91. The van der Waals surface area contributed by atoms with E-state index in [-0.39, 0.29) is 31.0 Å². The fraction of sp³-hybridized carbons (Fsp3) is 0.889. The number of rotatable bonds is 4. The monoisotopic (exact) mass is 288 g/mol. The van der Waals surface area contributed by atoms with E-state index in [1.807, 2.05) is 0 Å². The van der Waals surface area contributed by atoms with Crippen LogP contribution in [0.1, 0.15) is 6.42 Å². The molecule has 1 rings (SSSR count). The average Bonchev–Trinajstić information content (AvgIpc) is 2.55. The van der Waals surface area contributed by atoms with E-state index in [1.165, 1.54) is 0 Å². The Kier molecular flexibility index (Phi) is 4.60. The van der Waals surface area contributed by atoms with E-state index in [4.69, 9.17) is 5.73 Å². The van der Waals surface area contributed by atoms with Gasteiger partial charge >= 0.3 is 6.18 Å². The molecule has 9 heteroatoms. The average molecular weight is 288 g/mol. The number of nitrogens with zero attached hydrogens (tertiary/aromatic N) is 1. The Labute approximate surface area is 103 Å². The molecule has 0 aliphatic carbocycles. The molecule has 0 aromatic rings. The van der Waals surface area contributed by atoms with E-state index in [2.05, 4.69) is 0 Å². The zero-order chi connectivity index (χ0) is 14.0. The van der Waals surface area contributed by atoms with Crippen LogP contribution in [0.2, 0.25) is 0 Å². The smallest absolute Gasteiger partial charge is 0.332 e. The molecule has 1 saturated heterocycles. The SMILES string of the molecule is NCCN(CC(F)(F)F)C(=O)C1CCS(=O)(=O)C1. The minimum absolute atomic E-state index is 0.0834. The van der Waals surface area contributed by atoms with Crippen molar-refractivity contribution in [2.75, 3.05) is 31.1 Å². The highest BCUT2D eigenvalue weighted by Gasteiger charge is 2.39. The predicted molar refractivity (Wildman–Crippen MR) is 58.5 cm³/mol. The second kappa shape index (κ2) is 5.43. The zero-order valence-electron chi connectivity index (χ0n) is 9.61. The summed E-state index contributed by atoms with van der Waals surface area (Å²) < 4.78 is 59.2. The van der Waals surface area contributed by atoms with Crippen LogP contribution in [0, 0.1) is 5.92 Å². The summed E-state index contributed by atoms with van der Waals surface area (Å²) in [5.74, 6) is -2.17. The predicted octanol–water partition coefficient (Wildman–Crippen LogP) is -0.229. The van der Waals surface area contributed by atoms with Crippen LogP contribution in [-0.2, 0) is 14.6 Å². The van der Waals surface area contributed by atoms with Crippen LogP contribution in [0.4, 0.5) is 13.2 Å². The molecule has 0 spiro atoms. The topological polar surface area (TPSA) is 80.5 Å². The van der Waals surface area contributed by atoms with Crippen LogP contribution < -0.4 is 5.73 Å². The van der Waals surface area contributed by atoms with E-state index >= 15 is 0 Å². The number of carbonyl (C=O) groups is 1. The molecule has 1 aliphatic heterocycles. The standard InChI is InChI=1S/C9H15F3N2O3S/c10-9(11,12)6-14(3-2-13)8(15)7-1-4-18(16,17)5-7/h7H,1-6,13H2. The summed E-state index contributed by atoms with van der Waals surface area (Å²) in [5.41, 5.74) is 5.16. The first kappa shape index (κ1) is 15.2. The van der Waals surface area contributed by atoms with Gasteiger partial charge in [-0.3, -0.25) is 4.79 Å². The number of halogens is 3. The van der Waals surface area contributed by atoms with Crippen molar-refractivity contribution in [3.05, 3.63) is 0 Å². The Morgan fingerprint density at radius 1 is 1.39 bits per heavy atom. The number of hydrogen-bond donors (Lipinski definition) is 1. The largest absolute Gasteiger partial charge is 0.406 e.